The van der Waals surface area contributed by atoms with Gasteiger partial charge in [0.1, 0.15) is 0 Å². The lowest BCUT2D eigenvalue weighted by Crippen LogP contribution is -2.07. The van der Waals surface area contributed by atoms with Crippen LogP contribution in [0.3, 0.4) is 0 Å². The van der Waals surface area contributed by atoms with E-state index in [-0.39, 0.29) is 0 Å². The van der Waals surface area contributed by atoms with Crippen molar-refractivity contribution in [3.05, 3.63) is 72.5 Å². The number of nitrogens with zero attached hydrogens (tertiary/aromatic N) is 1. The second-order valence-corrected chi connectivity index (χ2v) is 4.34. The monoisotopic (exact) mass is 254 g/mol. The smallest absolute Gasteiger partial charge is 0.0361 e. The highest BCUT2D eigenvalue weighted by Gasteiger charge is 1.93. The minimum Gasteiger partial charge on any atom is -0.394 e. The van der Waals surface area contributed by atoms with E-state index in [1.807, 2.05) is 39.5 Å². The Hall–Kier alpha value is -2.22. The van der Waals surface area contributed by atoms with E-state index in [2.05, 4.69) is 53.2 Å². The third-order valence-corrected chi connectivity index (χ3v) is 2.63. The maximum Gasteiger partial charge on any atom is 0.0361 e. The van der Waals surface area contributed by atoms with Crippen LogP contribution in [-0.4, -0.2) is 21.1 Å². The summed E-state index contributed by atoms with van der Waals surface area (Å²) in [7, 11) is 5.96. The number of hydrogen-bond acceptors (Lipinski definition) is 2. The van der Waals surface area contributed by atoms with Gasteiger partial charge in [0.25, 0.3) is 0 Å². The molecule has 0 heterocycles. The molecule has 1 rings (SSSR count). The summed E-state index contributed by atoms with van der Waals surface area (Å²) in [5.41, 5.74) is 3.48. The molecule has 0 atom stereocenters. The van der Waals surface area contributed by atoms with Gasteiger partial charge in [-0.05, 0) is 35.5 Å². The third-order valence-electron chi connectivity index (χ3n) is 2.63. The maximum atomic E-state index is 3.72. The number of allylic oxidation sites excluding steroid dienone is 5. The van der Waals surface area contributed by atoms with Crippen molar-refractivity contribution in [2.24, 2.45) is 0 Å². The summed E-state index contributed by atoms with van der Waals surface area (Å²) in [5, 5.41) is 2.98. The van der Waals surface area contributed by atoms with Gasteiger partial charge in [0.2, 0.25) is 0 Å². The van der Waals surface area contributed by atoms with Gasteiger partial charge in [-0.1, -0.05) is 43.0 Å². The number of benzene rings is 1. The first kappa shape index (κ1) is 14.8. The van der Waals surface area contributed by atoms with Crippen LogP contribution >= 0.6 is 0 Å². The van der Waals surface area contributed by atoms with Gasteiger partial charge >= 0.3 is 0 Å². The molecule has 0 aliphatic rings. The predicted octanol–water partition coefficient (Wildman–Crippen LogP) is 3.61. The van der Waals surface area contributed by atoms with E-state index < -0.39 is 0 Å². The Labute approximate surface area is 116 Å². The Morgan fingerprint density at radius 3 is 2.37 bits per heavy atom. The molecule has 1 N–H and O–H groups in total. The lowest BCUT2D eigenvalue weighted by molar-refractivity contribution is 1.10. The molecule has 0 radical (unpaired) electrons. The van der Waals surface area contributed by atoms with Crippen molar-refractivity contribution in [2.75, 3.05) is 26.0 Å². The lowest BCUT2D eigenvalue weighted by atomic mass is 10.1. The van der Waals surface area contributed by atoms with Crippen molar-refractivity contribution in [1.29, 1.82) is 0 Å². The van der Waals surface area contributed by atoms with Crippen LogP contribution in [0.5, 0.6) is 0 Å². The van der Waals surface area contributed by atoms with Gasteiger partial charge in [-0.15, -0.1) is 0 Å². The summed E-state index contributed by atoms with van der Waals surface area (Å²) < 4.78 is 0. The van der Waals surface area contributed by atoms with E-state index in [4.69, 9.17) is 0 Å². The SMILES string of the molecule is C=C/C=C(\C=C/NC)/C=C/c1ccc(N(C)C)cc1. The zero-order valence-electron chi connectivity index (χ0n) is 11.9. The zero-order chi connectivity index (χ0) is 14.1. The minimum atomic E-state index is 1.10. The normalized spacial score (nSPS) is 12.1. The molecule has 2 nitrogen and oxygen atoms in total. The van der Waals surface area contributed by atoms with E-state index >= 15 is 0 Å². The summed E-state index contributed by atoms with van der Waals surface area (Å²) >= 11 is 0. The van der Waals surface area contributed by atoms with E-state index in [1.165, 1.54) is 11.3 Å². The molecule has 0 aliphatic carbocycles. The highest BCUT2D eigenvalue weighted by molar-refractivity contribution is 5.58. The average molecular weight is 254 g/mol. The van der Waals surface area contributed by atoms with Crippen LogP contribution in [0, 0.1) is 0 Å². The van der Waals surface area contributed by atoms with E-state index in [1.54, 1.807) is 6.08 Å². The Kier molecular flexibility index (Phi) is 6.23. The largest absolute Gasteiger partial charge is 0.394 e. The van der Waals surface area contributed by atoms with Crippen LogP contribution in [0.25, 0.3) is 6.08 Å². The highest BCUT2D eigenvalue weighted by Crippen LogP contribution is 2.14. The molecule has 0 spiro atoms. The van der Waals surface area contributed by atoms with Crippen molar-refractivity contribution < 1.29 is 0 Å². The highest BCUT2D eigenvalue weighted by atomic mass is 15.1. The molecule has 19 heavy (non-hydrogen) atoms. The Bertz CT molecular complexity index is 476. The Morgan fingerprint density at radius 2 is 1.84 bits per heavy atom. The molecule has 1 aromatic rings. The van der Waals surface area contributed by atoms with E-state index in [0.29, 0.717) is 0 Å². The first-order valence-corrected chi connectivity index (χ1v) is 6.29. The van der Waals surface area contributed by atoms with Gasteiger partial charge in [-0.2, -0.15) is 0 Å². The number of anilines is 1. The fourth-order valence-corrected chi connectivity index (χ4v) is 1.56. The third kappa shape index (κ3) is 5.30. The van der Waals surface area contributed by atoms with Gasteiger partial charge in [-0.25, -0.2) is 0 Å². The summed E-state index contributed by atoms with van der Waals surface area (Å²) in [5.74, 6) is 0. The summed E-state index contributed by atoms with van der Waals surface area (Å²) in [6.07, 6.45) is 11.8. The molecular weight excluding hydrogens is 232 g/mol. The van der Waals surface area contributed by atoms with Crippen LogP contribution in [0.1, 0.15) is 5.56 Å². The second-order valence-electron chi connectivity index (χ2n) is 4.34. The molecule has 1 aromatic carbocycles. The minimum absolute atomic E-state index is 1.10. The number of nitrogens with one attached hydrogen (secondary N) is 1. The average Bonchev–Trinajstić information content (AvgIpc) is 2.42. The molecule has 0 saturated carbocycles. The van der Waals surface area contributed by atoms with Crippen molar-refractivity contribution in [2.45, 2.75) is 0 Å². The van der Waals surface area contributed by atoms with Crippen LogP contribution in [0.4, 0.5) is 5.69 Å². The first-order valence-electron chi connectivity index (χ1n) is 6.29. The first-order chi connectivity index (χ1) is 9.17. The summed E-state index contributed by atoms with van der Waals surface area (Å²) in [4.78, 5) is 2.09. The molecular formula is C17H22N2. The Balaban J connectivity index is 2.81. The quantitative estimate of drug-likeness (QED) is 0.780. The van der Waals surface area contributed by atoms with Crippen LogP contribution < -0.4 is 10.2 Å². The molecule has 0 saturated heterocycles. The predicted molar refractivity (Wildman–Crippen MR) is 86.3 cm³/mol. The fraction of sp³-hybridized carbons (Fsp3) is 0.176. The standard InChI is InChI=1S/C17H22N2/c1-5-6-15(13-14-18-2)7-8-16-9-11-17(12-10-16)19(3)4/h5-14,18H,1H2,2-4H3/b8-7+,14-13-,15-6-. The van der Waals surface area contributed by atoms with Gasteiger partial charge in [0.15, 0.2) is 0 Å². The topological polar surface area (TPSA) is 15.3 Å². The van der Waals surface area contributed by atoms with Gasteiger partial charge < -0.3 is 10.2 Å². The summed E-state index contributed by atoms with van der Waals surface area (Å²) in [6.45, 7) is 3.72. The van der Waals surface area contributed by atoms with Gasteiger partial charge in [0, 0.05) is 26.8 Å². The van der Waals surface area contributed by atoms with Gasteiger partial charge in [-0.3, -0.25) is 0 Å². The van der Waals surface area contributed by atoms with Crippen LogP contribution in [0.2, 0.25) is 0 Å². The molecule has 100 valence electrons. The molecule has 0 amide bonds. The molecule has 0 aromatic heterocycles. The maximum absolute atomic E-state index is 3.72. The fourth-order valence-electron chi connectivity index (χ4n) is 1.56. The molecule has 0 bridgehead atoms. The molecule has 0 fully saturated rings. The molecule has 0 aliphatic heterocycles. The number of hydrogen-bond donors (Lipinski definition) is 1. The van der Waals surface area contributed by atoms with Crippen LogP contribution in [0.15, 0.2) is 66.9 Å². The molecule has 0 unspecified atom stereocenters. The van der Waals surface area contributed by atoms with E-state index in [9.17, 15) is 0 Å². The second kappa shape index (κ2) is 7.98. The molecule has 2 heteroatoms. The van der Waals surface area contributed by atoms with Crippen molar-refractivity contribution >= 4 is 11.8 Å². The van der Waals surface area contributed by atoms with Crippen molar-refractivity contribution in [3.63, 3.8) is 0 Å². The van der Waals surface area contributed by atoms with E-state index in [0.717, 1.165) is 5.57 Å². The summed E-state index contributed by atoms with van der Waals surface area (Å²) in [6, 6.07) is 8.44. The lowest BCUT2D eigenvalue weighted by Gasteiger charge is -2.11. The van der Waals surface area contributed by atoms with Crippen LogP contribution in [-0.2, 0) is 0 Å². The van der Waals surface area contributed by atoms with Crippen molar-refractivity contribution in [3.8, 4) is 0 Å². The zero-order valence-corrected chi connectivity index (χ0v) is 11.9. The van der Waals surface area contributed by atoms with Gasteiger partial charge in [0.05, 0.1) is 0 Å². The van der Waals surface area contributed by atoms with Crippen molar-refractivity contribution in [1.82, 2.24) is 5.32 Å². The Morgan fingerprint density at radius 1 is 1.16 bits per heavy atom. The number of rotatable bonds is 6.